The molecule has 0 fully saturated rings. The van der Waals surface area contributed by atoms with Crippen LogP contribution < -0.4 is 5.32 Å². The van der Waals surface area contributed by atoms with Crippen LogP contribution in [0.15, 0.2) is 78.3 Å². The van der Waals surface area contributed by atoms with E-state index >= 15 is 0 Å². The highest BCUT2D eigenvalue weighted by molar-refractivity contribution is 8.27. The highest BCUT2D eigenvalue weighted by Gasteiger charge is 2.26. The lowest BCUT2D eigenvalue weighted by molar-refractivity contribution is 0.0734. The topological polar surface area (TPSA) is 49.4 Å². The molecule has 204 valence electrons. The molecule has 3 aromatic carbocycles. The second-order valence-corrected chi connectivity index (χ2v) is 13.4. The van der Waals surface area contributed by atoms with Crippen molar-refractivity contribution < 1.29 is 9.59 Å². The largest absolute Gasteiger partial charge is 0.334 e. The van der Waals surface area contributed by atoms with Crippen LogP contribution >= 0.6 is 20.8 Å². The number of carbonyl (C=O) groups excluding carboxylic acids is 2. The standard InChI is InChI=1S/C31H33ClN2O2S.C2H4/c1-20-10-12-24(13-11-20)31(36)34-15-14-27-22(3)29(28(32)18-25(27)19-34)30(35)33-21(2)16-23-8-7-9-26(17-23)37(4,5)6;1-2/h7-13,16-18H,4-5,14-15,19H2,1-3,6H3,(H,33,35);1-2H2/b21-16+;. The molecule has 0 saturated carbocycles. The molecular weight excluding hydrogens is 524 g/mol. The number of aryl methyl sites for hydroxylation is 1. The molecule has 0 spiro atoms. The van der Waals surface area contributed by atoms with Gasteiger partial charge in [0.25, 0.3) is 11.8 Å². The van der Waals surface area contributed by atoms with Crippen molar-refractivity contribution in [2.45, 2.75) is 38.6 Å². The Kier molecular flexibility index (Phi) is 9.65. The Bertz CT molecular complexity index is 1540. The normalized spacial score (nSPS) is 13.2. The second kappa shape index (κ2) is 12.5. The third-order valence-electron chi connectivity index (χ3n) is 6.68. The maximum atomic E-state index is 13.3. The fraction of sp³-hybridized carbons (Fsp3) is 0.212. The summed E-state index contributed by atoms with van der Waals surface area (Å²) in [6.45, 7) is 12.9. The molecule has 1 N–H and O–H groups in total. The smallest absolute Gasteiger partial charge is 0.257 e. The lowest BCUT2D eigenvalue weighted by Gasteiger charge is -2.31. The number of nitrogens with one attached hydrogen (secondary N) is 1. The van der Waals surface area contributed by atoms with E-state index < -0.39 is 9.21 Å². The van der Waals surface area contributed by atoms with Crippen LogP contribution in [0.5, 0.6) is 0 Å². The minimum Gasteiger partial charge on any atom is -0.334 e. The summed E-state index contributed by atoms with van der Waals surface area (Å²) in [6.07, 6.45) is 4.65. The minimum atomic E-state index is -1.33. The number of benzene rings is 3. The molecule has 0 bridgehead atoms. The van der Waals surface area contributed by atoms with Gasteiger partial charge in [0.15, 0.2) is 0 Å². The van der Waals surface area contributed by atoms with Gasteiger partial charge in [0, 0.05) is 24.4 Å². The van der Waals surface area contributed by atoms with Gasteiger partial charge in [-0.25, -0.2) is 0 Å². The zero-order chi connectivity index (χ0) is 28.9. The number of amides is 2. The lowest BCUT2D eigenvalue weighted by atomic mass is 9.91. The highest BCUT2D eigenvalue weighted by Crippen LogP contribution is 2.32. The van der Waals surface area contributed by atoms with Crippen molar-refractivity contribution in [3.05, 3.63) is 117 Å². The first-order valence-electron chi connectivity index (χ1n) is 12.6. The van der Waals surface area contributed by atoms with Gasteiger partial charge < -0.3 is 10.2 Å². The highest BCUT2D eigenvalue weighted by atomic mass is 35.5. The van der Waals surface area contributed by atoms with Crippen molar-refractivity contribution in [3.63, 3.8) is 0 Å². The average molecular weight is 561 g/mol. The minimum absolute atomic E-state index is 0.00528. The van der Waals surface area contributed by atoms with E-state index in [4.69, 9.17) is 11.6 Å². The third kappa shape index (κ3) is 7.11. The average Bonchev–Trinajstić information content (AvgIpc) is 2.89. The fourth-order valence-corrected chi connectivity index (χ4v) is 5.86. The molecule has 4 rings (SSSR count). The number of allylic oxidation sites excluding steroid dienone is 1. The first-order chi connectivity index (χ1) is 18.4. The number of nitrogens with zero attached hydrogens (tertiary/aromatic N) is 1. The summed E-state index contributed by atoms with van der Waals surface area (Å²) in [5, 5.41) is 3.38. The molecule has 1 aliphatic heterocycles. The summed E-state index contributed by atoms with van der Waals surface area (Å²) in [5.74, 6) is 8.13. The Labute approximate surface area is 238 Å². The summed E-state index contributed by atoms with van der Waals surface area (Å²) >= 11 is 6.64. The second-order valence-electron chi connectivity index (χ2n) is 9.97. The van der Waals surface area contributed by atoms with Crippen LogP contribution in [0.1, 0.15) is 55.5 Å². The van der Waals surface area contributed by atoms with E-state index in [0.717, 1.165) is 38.4 Å². The Hall–Kier alpha value is -3.54. The molecule has 0 atom stereocenters. The van der Waals surface area contributed by atoms with Crippen molar-refractivity contribution in [1.29, 1.82) is 0 Å². The van der Waals surface area contributed by atoms with Gasteiger partial charge in [-0.05, 0) is 97.0 Å². The molecule has 2 amide bonds. The maximum Gasteiger partial charge on any atom is 0.257 e. The zero-order valence-corrected chi connectivity index (χ0v) is 24.8. The Balaban J connectivity index is 0.00000205. The molecule has 1 heterocycles. The van der Waals surface area contributed by atoms with E-state index in [1.165, 1.54) is 0 Å². The third-order valence-corrected chi connectivity index (χ3v) is 8.37. The Morgan fingerprint density at radius 1 is 1.05 bits per heavy atom. The lowest BCUT2D eigenvalue weighted by Crippen LogP contribution is -2.36. The van der Waals surface area contributed by atoms with Gasteiger partial charge in [0.1, 0.15) is 0 Å². The van der Waals surface area contributed by atoms with Crippen LogP contribution in [0.4, 0.5) is 0 Å². The monoisotopic (exact) mass is 560 g/mol. The van der Waals surface area contributed by atoms with Crippen LogP contribution in [0.3, 0.4) is 0 Å². The molecule has 1 aliphatic rings. The van der Waals surface area contributed by atoms with Crippen LogP contribution in [0.25, 0.3) is 6.08 Å². The molecule has 6 heteroatoms. The molecule has 0 unspecified atom stereocenters. The Morgan fingerprint density at radius 3 is 2.36 bits per heavy atom. The van der Waals surface area contributed by atoms with Crippen molar-refractivity contribution in [2.75, 3.05) is 12.8 Å². The molecule has 39 heavy (non-hydrogen) atoms. The van der Waals surface area contributed by atoms with Gasteiger partial charge in [-0.2, -0.15) is 9.21 Å². The van der Waals surface area contributed by atoms with Gasteiger partial charge in [0.05, 0.1) is 10.6 Å². The van der Waals surface area contributed by atoms with Crippen molar-refractivity contribution in [2.24, 2.45) is 0 Å². The predicted octanol–water partition coefficient (Wildman–Crippen LogP) is 7.41. The van der Waals surface area contributed by atoms with Crippen LogP contribution in [0.2, 0.25) is 5.02 Å². The number of halogens is 1. The molecule has 0 aliphatic carbocycles. The van der Waals surface area contributed by atoms with Crippen LogP contribution in [-0.4, -0.2) is 41.3 Å². The molecule has 3 aromatic rings. The molecule has 0 saturated heterocycles. The summed E-state index contributed by atoms with van der Waals surface area (Å²) < 4.78 is 0. The zero-order valence-electron chi connectivity index (χ0n) is 23.3. The number of hydrogen-bond acceptors (Lipinski definition) is 2. The van der Waals surface area contributed by atoms with E-state index in [9.17, 15) is 9.59 Å². The van der Waals surface area contributed by atoms with E-state index in [-0.39, 0.29) is 11.8 Å². The molecular formula is C33H37ClN2O2S. The fourth-order valence-electron chi connectivity index (χ4n) is 4.67. The number of fused-ring (bicyclic) bond motifs is 1. The summed E-state index contributed by atoms with van der Waals surface area (Å²) in [4.78, 5) is 29.2. The van der Waals surface area contributed by atoms with Gasteiger partial charge in [-0.3, -0.25) is 9.59 Å². The van der Waals surface area contributed by atoms with Crippen molar-refractivity contribution >= 4 is 50.4 Å². The molecule has 0 radical (unpaired) electrons. The van der Waals surface area contributed by atoms with E-state index in [2.05, 4.69) is 36.3 Å². The predicted molar refractivity (Wildman–Crippen MR) is 171 cm³/mol. The van der Waals surface area contributed by atoms with E-state index in [0.29, 0.717) is 35.7 Å². The molecule has 4 nitrogen and oxygen atoms in total. The number of carbonyl (C=O) groups is 2. The Morgan fingerprint density at radius 2 is 1.72 bits per heavy atom. The van der Waals surface area contributed by atoms with E-state index in [1.807, 2.05) is 86.5 Å². The number of rotatable bonds is 5. The van der Waals surface area contributed by atoms with Crippen LogP contribution in [0, 0.1) is 13.8 Å². The SMILES string of the molecule is C=C.C=S(=C)(C)c1cccc(/C=C(\C)NC(=O)c2c(Cl)cc3c(c2C)CCN(C(=O)c2ccc(C)cc2)C3)c1. The van der Waals surface area contributed by atoms with Gasteiger partial charge in [0.2, 0.25) is 0 Å². The van der Waals surface area contributed by atoms with Crippen LogP contribution in [-0.2, 0) is 13.0 Å². The molecule has 0 aromatic heterocycles. The first kappa shape index (κ1) is 30.0. The summed E-state index contributed by atoms with van der Waals surface area (Å²) in [7, 11) is -1.33. The van der Waals surface area contributed by atoms with Gasteiger partial charge >= 0.3 is 0 Å². The van der Waals surface area contributed by atoms with E-state index in [1.54, 1.807) is 0 Å². The maximum absolute atomic E-state index is 13.3. The summed E-state index contributed by atoms with van der Waals surface area (Å²) in [5.41, 5.74) is 6.91. The summed E-state index contributed by atoms with van der Waals surface area (Å²) in [6, 6.07) is 17.5. The number of hydrogen-bond donors (Lipinski definition) is 1. The van der Waals surface area contributed by atoms with Gasteiger partial charge in [-0.1, -0.05) is 53.2 Å². The first-order valence-corrected chi connectivity index (χ1v) is 15.4. The van der Waals surface area contributed by atoms with Crippen molar-refractivity contribution in [3.8, 4) is 0 Å². The quantitative estimate of drug-likeness (QED) is 0.261. The van der Waals surface area contributed by atoms with Gasteiger partial charge in [-0.15, -0.1) is 13.2 Å². The van der Waals surface area contributed by atoms with Crippen molar-refractivity contribution in [1.82, 2.24) is 10.2 Å².